The van der Waals surface area contributed by atoms with Gasteiger partial charge in [-0.3, -0.25) is 0 Å². The molecule has 0 amide bonds. The smallest absolute Gasteiger partial charge is 0.424 e. The number of nitrogens with zero attached hydrogens (tertiary/aromatic N) is 1. The van der Waals surface area contributed by atoms with E-state index in [0.717, 1.165) is 18.1 Å². The normalized spacial score (nSPS) is 14.9. The molecule has 1 aromatic rings. The fourth-order valence-corrected chi connectivity index (χ4v) is 2.49. The van der Waals surface area contributed by atoms with E-state index in [9.17, 15) is 17.6 Å². The van der Waals surface area contributed by atoms with Crippen LogP contribution in [0.15, 0.2) is 40.5 Å². The molecule has 0 radical (unpaired) electrons. The van der Waals surface area contributed by atoms with Gasteiger partial charge in [0.1, 0.15) is 5.83 Å². The molecule has 1 heterocycles. The second-order valence-electron chi connectivity index (χ2n) is 4.45. The van der Waals surface area contributed by atoms with E-state index in [1.807, 2.05) is 13.0 Å². The van der Waals surface area contributed by atoms with Crippen LogP contribution < -0.4 is 0 Å². The largest absolute Gasteiger partial charge is 0.480 e. The fourth-order valence-electron chi connectivity index (χ4n) is 1.68. The number of hydrogen-bond donors (Lipinski definition) is 0. The van der Waals surface area contributed by atoms with Crippen molar-refractivity contribution in [1.82, 2.24) is 0 Å². The van der Waals surface area contributed by atoms with Crippen LogP contribution in [0.25, 0.3) is 0 Å². The highest BCUT2D eigenvalue weighted by Gasteiger charge is 2.40. The third kappa shape index (κ3) is 4.69. The van der Waals surface area contributed by atoms with Gasteiger partial charge in [-0.15, -0.1) is 11.3 Å². The Morgan fingerprint density at radius 1 is 1.36 bits per heavy atom. The molecule has 0 atom stereocenters. The van der Waals surface area contributed by atoms with Crippen LogP contribution in [-0.2, 0) is 4.74 Å². The minimum absolute atomic E-state index is 0.134. The lowest BCUT2D eigenvalue weighted by atomic mass is 10.2. The van der Waals surface area contributed by atoms with Gasteiger partial charge in [-0.2, -0.15) is 13.2 Å². The zero-order valence-corrected chi connectivity index (χ0v) is 13.5. The summed E-state index contributed by atoms with van der Waals surface area (Å²) in [5.74, 6) is -2.16. The third-order valence-corrected chi connectivity index (χ3v) is 3.79. The lowest BCUT2D eigenvalue weighted by molar-refractivity contribution is -0.0944. The zero-order valence-electron chi connectivity index (χ0n) is 12.7. The fraction of sp³-hybridized carbons (Fsp3) is 0.400. The van der Waals surface area contributed by atoms with Crippen LogP contribution in [0, 0.1) is 6.92 Å². The summed E-state index contributed by atoms with van der Waals surface area (Å²) in [5, 5.41) is 0. The van der Waals surface area contributed by atoms with Crippen molar-refractivity contribution in [3.8, 4) is 0 Å². The standard InChI is InChI=1S/C15H17F4NOS/c1-5-6-11(16)13(15(17,18)19)14(21-4)20-10(3)12-8-7-9(2)22-12/h6-8H,5H2,1-4H3/b11-6-,14-13-,20-10?. The molecule has 0 aromatic carbocycles. The van der Waals surface area contributed by atoms with E-state index in [2.05, 4.69) is 4.99 Å². The molecule has 0 N–H and O–H groups in total. The molecular formula is C15H17F4NOS. The van der Waals surface area contributed by atoms with E-state index >= 15 is 0 Å². The van der Waals surface area contributed by atoms with Crippen LogP contribution in [0.3, 0.4) is 0 Å². The van der Waals surface area contributed by atoms with Crippen LogP contribution in [0.1, 0.15) is 30.0 Å². The summed E-state index contributed by atoms with van der Waals surface area (Å²) in [4.78, 5) is 5.54. The Hall–Kier alpha value is -1.63. The highest BCUT2D eigenvalue weighted by Crippen LogP contribution is 2.35. The summed E-state index contributed by atoms with van der Waals surface area (Å²) in [6.45, 7) is 4.97. The second-order valence-corrected chi connectivity index (χ2v) is 5.74. The van der Waals surface area contributed by atoms with Crippen molar-refractivity contribution >= 4 is 17.0 Å². The quantitative estimate of drug-likeness (QED) is 0.299. The molecule has 2 nitrogen and oxygen atoms in total. The number of allylic oxidation sites excluding steroid dienone is 3. The number of aliphatic imine (C=N–C) groups is 1. The summed E-state index contributed by atoms with van der Waals surface area (Å²) < 4.78 is 57.8. The lowest BCUT2D eigenvalue weighted by Gasteiger charge is -2.13. The van der Waals surface area contributed by atoms with E-state index < -0.39 is 23.5 Å². The summed E-state index contributed by atoms with van der Waals surface area (Å²) in [7, 11) is 1.04. The van der Waals surface area contributed by atoms with Gasteiger partial charge in [0.2, 0.25) is 5.88 Å². The number of halogens is 4. The molecule has 0 unspecified atom stereocenters. The van der Waals surface area contributed by atoms with Gasteiger partial charge in [0.15, 0.2) is 5.57 Å². The molecule has 0 bridgehead atoms. The predicted molar refractivity (Wildman–Crippen MR) is 80.8 cm³/mol. The summed E-state index contributed by atoms with van der Waals surface area (Å²) >= 11 is 1.39. The van der Waals surface area contributed by atoms with Gasteiger partial charge < -0.3 is 4.74 Å². The molecule has 0 aliphatic carbocycles. The zero-order chi connectivity index (χ0) is 16.9. The number of thiophene rings is 1. The minimum atomic E-state index is -4.89. The Kier molecular flexibility index (Phi) is 6.34. The number of alkyl halides is 3. The molecule has 0 fully saturated rings. The van der Waals surface area contributed by atoms with Crippen molar-refractivity contribution < 1.29 is 22.3 Å². The van der Waals surface area contributed by atoms with E-state index in [-0.39, 0.29) is 6.42 Å². The van der Waals surface area contributed by atoms with Crippen molar-refractivity contribution in [3.05, 3.63) is 45.2 Å². The first kappa shape index (κ1) is 18.4. The first-order valence-electron chi connectivity index (χ1n) is 6.54. The van der Waals surface area contributed by atoms with E-state index in [1.165, 1.54) is 11.3 Å². The molecule has 0 saturated carbocycles. The average Bonchev–Trinajstić information content (AvgIpc) is 2.83. The van der Waals surface area contributed by atoms with Crippen LogP contribution in [-0.4, -0.2) is 19.0 Å². The van der Waals surface area contributed by atoms with Gasteiger partial charge in [-0.25, -0.2) is 9.38 Å². The van der Waals surface area contributed by atoms with Crippen molar-refractivity contribution in [2.45, 2.75) is 33.4 Å². The van der Waals surface area contributed by atoms with Crippen molar-refractivity contribution in [2.75, 3.05) is 7.11 Å². The van der Waals surface area contributed by atoms with E-state index in [1.54, 1.807) is 19.9 Å². The molecule has 1 rings (SSSR count). The molecule has 7 heteroatoms. The molecule has 22 heavy (non-hydrogen) atoms. The van der Waals surface area contributed by atoms with Crippen molar-refractivity contribution in [2.24, 2.45) is 4.99 Å². The van der Waals surface area contributed by atoms with Crippen molar-refractivity contribution in [3.63, 3.8) is 0 Å². The molecule has 0 spiro atoms. The highest BCUT2D eigenvalue weighted by molar-refractivity contribution is 7.14. The first-order valence-corrected chi connectivity index (χ1v) is 7.35. The number of hydrogen-bond acceptors (Lipinski definition) is 3. The number of ether oxygens (including phenoxy) is 1. The van der Waals surface area contributed by atoms with Gasteiger partial charge in [0.25, 0.3) is 0 Å². The predicted octanol–water partition coefficient (Wildman–Crippen LogP) is 5.55. The maximum absolute atomic E-state index is 13.8. The van der Waals surface area contributed by atoms with Gasteiger partial charge >= 0.3 is 6.18 Å². The molecular weight excluding hydrogens is 318 g/mol. The lowest BCUT2D eigenvalue weighted by Crippen LogP contribution is -2.16. The Morgan fingerprint density at radius 2 is 2.00 bits per heavy atom. The van der Waals surface area contributed by atoms with Crippen LogP contribution in [0.4, 0.5) is 17.6 Å². The summed E-state index contributed by atoms with van der Waals surface area (Å²) in [6, 6.07) is 3.58. The summed E-state index contributed by atoms with van der Waals surface area (Å²) in [5.41, 5.74) is -1.16. The van der Waals surface area contributed by atoms with E-state index in [4.69, 9.17) is 4.74 Å². The Bertz CT molecular complexity index is 611. The Labute approximate surface area is 130 Å². The monoisotopic (exact) mass is 335 g/mol. The Balaban J connectivity index is 3.42. The van der Waals surface area contributed by atoms with Gasteiger partial charge in [0, 0.05) is 9.75 Å². The Morgan fingerprint density at radius 3 is 2.41 bits per heavy atom. The first-order chi connectivity index (χ1) is 10.2. The van der Waals surface area contributed by atoms with Gasteiger partial charge in [0.05, 0.1) is 12.8 Å². The van der Waals surface area contributed by atoms with Crippen LogP contribution >= 0.6 is 11.3 Å². The van der Waals surface area contributed by atoms with Crippen molar-refractivity contribution in [1.29, 1.82) is 0 Å². The molecule has 122 valence electrons. The van der Waals surface area contributed by atoms with Gasteiger partial charge in [-0.1, -0.05) is 6.92 Å². The van der Waals surface area contributed by atoms with Crippen LogP contribution in [0.2, 0.25) is 0 Å². The average molecular weight is 335 g/mol. The van der Waals surface area contributed by atoms with Crippen LogP contribution in [0.5, 0.6) is 0 Å². The summed E-state index contributed by atoms with van der Waals surface area (Å²) in [6.07, 6.45) is -3.91. The minimum Gasteiger partial charge on any atom is -0.480 e. The second kappa shape index (κ2) is 7.58. The molecule has 0 saturated heterocycles. The molecule has 0 aliphatic heterocycles. The number of aryl methyl sites for hydroxylation is 1. The van der Waals surface area contributed by atoms with E-state index in [0.29, 0.717) is 10.6 Å². The molecule has 1 aromatic heterocycles. The highest BCUT2D eigenvalue weighted by atomic mass is 32.1. The maximum Gasteiger partial charge on any atom is 0.424 e. The maximum atomic E-state index is 13.8. The topological polar surface area (TPSA) is 21.6 Å². The third-order valence-electron chi connectivity index (χ3n) is 2.68. The number of rotatable bonds is 5. The van der Waals surface area contributed by atoms with Gasteiger partial charge in [-0.05, 0) is 38.5 Å². The molecule has 0 aliphatic rings. The SMILES string of the molecule is CC/C=C(F)/C(=C(\N=C(C)c1ccc(C)s1)OC)C(F)(F)F. The number of methoxy groups -OCH3 is 1.